The fourth-order valence-electron chi connectivity index (χ4n) is 4.24. The Morgan fingerprint density at radius 3 is 2.61 bits per heavy atom. The molecule has 0 saturated carbocycles. The number of carbonyl (C=O) groups excluding carboxylic acids is 2. The van der Waals surface area contributed by atoms with Crippen molar-refractivity contribution in [2.45, 2.75) is 25.9 Å². The molecule has 0 spiro atoms. The van der Waals surface area contributed by atoms with Gasteiger partial charge in [-0.2, -0.15) is 0 Å². The summed E-state index contributed by atoms with van der Waals surface area (Å²) in [5.41, 5.74) is 0.972. The second-order valence-corrected chi connectivity index (χ2v) is 7.94. The third-order valence-corrected chi connectivity index (χ3v) is 5.86. The normalized spacial score (nSPS) is 18.7. The average Bonchev–Trinajstić information content (AvgIpc) is 2.98. The van der Waals surface area contributed by atoms with Crippen LogP contribution in [0, 0.1) is 6.92 Å². The van der Waals surface area contributed by atoms with Gasteiger partial charge < -0.3 is 5.32 Å². The molecular formula is C24H20N4O3. The molecule has 1 saturated heterocycles. The highest BCUT2D eigenvalue weighted by atomic mass is 16.2. The number of carbonyl (C=O) groups is 2. The van der Waals surface area contributed by atoms with Gasteiger partial charge in [-0.1, -0.05) is 48.5 Å². The summed E-state index contributed by atoms with van der Waals surface area (Å²) in [5.74, 6) is -0.374. The van der Waals surface area contributed by atoms with Gasteiger partial charge in [-0.15, -0.1) is 0 Å². The molecule has 1 unspecified atom stereocenters. The van der Waals surface area contributed by atoms with Gasteiger partial charge in [-0.05, 0) is 41.8 Å². The van der Waals surface area contributed by atoms with Gasteiger partial charge in [-0.25, -0.2) is 9.78 Å². The number of hydrogen-bond donors (Lipinski definition) is 1. The van der Waals surface area contributed by atoms with E-state index in [4.69, 9.17) is 0 Å². The topological polar surface area (TPSA) is 83.8 Å². The fraction of sp³-hybridized carbons (Fsp3) is 0.167. The zero-order valence-electron chi connectivity index (χ0n) is 17.1. The minimum Gasteiger partial charge on any atom is -0.319 e. The molecule has 0 radical (unpaired) electrons. The van der Waals surface area contributed by atoms with Crippen molar-refractivity contribution in [1.82, 2.24) is 19.6 Å². The summed E-state index contributed by atoms with van der Waals surface area (Å²) in [6.45, 7) is 3.49. The molecule has 7 heteroatoms. The van der Waals surface area contributed by atoms with Crippen LogP contribution in [0.4, 0.5) is 4.79 Å². The van der Waals surface area contributed by atoms with Gasteiger partial charge in [-0.3, -0.25) is 18.9 Å². The minimum absolute atomic E-state index is 0.0783. The Balaban J connectivity index is 1.55. The van der Waals surface area contributed by atoms with E-state index in [9.17, 15) is 14.4 Å². The molecule has 1 fully saturated rings. The standard InChI is InChI=1S/C24H20N4O3/c1-15-7-6-12-27-20(29)13-17(25-21(15)27)14-28-22(30)24(2,26-23(28)31)19-11-5-9-16-8-3-4-10-18(16)19/h3-13H,14H2,1-2H3,(H,26,31). The highest BCUT2D eigenvalue weighted by Gasteiger charge is 2.49. The number of aromatic nitrogens is 2. The molecule has 1 N–H and O–H groups in total. The Bertz CT molecular complexity index is 1440. The lowest BCUT2D eigenvalue weighted by atomic mass is 9.88. The maximum atomic E-state index is 13.4. The Labute approximate surface area is 177 Å². The molecule has 1 atom stereocenters. The first kappa shape index (κ1) is 19.0. The van der Waals surface area contributed by atoms with E-state index in [0.717, 1.165) is 26.8 Å². The highest BCUT2D eigenvalue weighted by Crippen LogP contribution is 2.34. The van der Waals surface area contributed by atoms with E-state index in [1.807, 2.05) is 55.5 Å². The van der Waals surface area contributed by atoms with E-state index in [1.54, 1.807) is 19.2 Å². The van der Waals surface area contributed by atoms with Gasteiger partial charge >= 0.3 is 6.03 Å². The molecule has 7 nitrogen and oxygen atoms in total. The monoisotopic (exact) mass is 412 g/mol. The molecule has 31 heavy (non-hydrogen) atoms. The molecule has 5 rings (SSSR count). The Kier molecular flexibility index (Phi) is 4.15. The molecule has 4 aromatic rings. The lowest BCUT2D eigenvalue weighted by Crippen LogP contribution is -2.41. The van der Waals surface area contributed by atoms with Gasteiger partial charge in [0.1, 0.15) is 11.2 Å². The molecular weight excluding hydrogens is 392 g/mol. The van der Waals surface area contributed by atoms with Crippen LogP contribution in [0.3, 0.4) is 0 Å². The maximum Gasteiger partial charge on any atom is 0.325 e. The van der Waals surface area contributed by atoms with E-state index in [2.05, 4.69) is 10.3 Å². The average molecular weight is 412 g/mol. The van der Waals surface area contributed by atoms with Crippen molar-refractivity contribution in [3.63, 3.8) is 0 Å². The van der Waals surface area contributed by atoms with Crippen LogP contribution in [0.15, 0.2) is 71.7 Å². The fourth-order valence-corrected chi connectivity index (χ4v) is 4.24. The van der Waals surface area contributed by atoms with E-state index >= 15 is 0 Å². The first-order chi connectivity index (χ1) is 14.9. The molecule has 2 aromatic carbocycles. The quantitative estimate of drug-likeness (QED) is 0.524. The largest absolute Gasteiger partial charge is 0.325 e. The lowest BCUT2D eigenvalue weighted by molar-refractivity contribution is -0.131. The smallest absolute Gasteiger partial charge is 0.319 e. The molecule has 2 aromatic heterocycles. The number of hydrogen-bond acceptors (Lipinski definition) is 4. The first-order valence-electron chi connectivity index (χ1n) is 9.99. The molecule has 154 valence electrons. The van der Waals surface area contributed by atoms with Crippen molar-refractivity contribution >= 4 is 28.4 Å². The predicted octanol–water partition coefficient (Wildman–Crippen LogP) is 3.12. The van der Waals surface area contributed by atoms with Crippen molar-refractivity contribution in [3.8, 4) is 0 Å². The van der Waals surface area contributed by atoms with Crippen LogP contribution < -0.4 is 10.9 Å². The van der Waals surface area contributed by atoms with Gasteiger partial charge in [0.2, 0.25) is 0 Å². The van der Waals surface area contributed by atoms with Crippen LogP contribution in [-0.2, 0) is 16.9 Å². The van der Waals surface area contributed by atoms with Crippen LogP contribution in [0.2, 0.25) is 0 Å². The number of rotatable bonds is 3. The van der Waals surface area contributed by atoms with Gasteiger partial charge in [0.15, 0.2) is 0 Å². The van der Waals surface area contributed by atoms with Crippen LogP contribution in [0.25, 0.3) is 16.4 Å². The van der Waals surface area contributed by atoms with E-state index in [-0.39, 0.29) is 18.0 Å². The molecule has 0 bridgehead atoms. The number of urea groups is 1. The van der Waals surface area contributed by atoms with Crippen molar-refractivity contribution in [1.29, 1.82) is 0 Å². The summed E-state index contributed by atoms with van der Waals surface area (Å²) in [4.78, 5) is 44.4. The van der Waals surface area contributed by atoms with Crippen molar-refractivity contribution in [2.24, 2.45) is 0 Å². The predicted molar refractivity (Wildman–Crippen MR) is 117 cm³/mol. The van der Waals surface area contributed by atoms with Crippen LogP contribution in [-0.4, -0.2) is 26.2 Å². The van der Waals surface area contributed by atoms with Crippen LogP contribution >= 0.6 is 0 Å². The molecule has 3 amide bonds. The second kappa shape index (κ2) is 6.77. The van der Waals surface area contributed by atoms with Gasteiger partial charge in [0.25, 0.3) is 11.5 Å². The summed E-state index contributed by atoms with van der Waals surface area (Å²) in [7, 11) is 0. The molecule has 1 aliphatic rings. The number of nitrogens with zero attached hydrogens (tertiary/aromatic N) is 3. The molecule has 1 aliphatic heterocycles. The zero-order valence-corrected chi connectivity index (χ0v) is 17.1. The maximum absolute atomic E-state index is 13.4. The molecule has 3 heterocycles. The Morgan fingerprint density at radius 2 is 1.77 bits per heavy atom. The van der Waals surface area contributed by atoms with Crippen molar-refractivity contribution in [2.75, 3.05) is 0 Å². The summed E-state index contributed by atoms with van der Waals surface area (Å²) in [6.07, 6.45) is 1.65. The number of aryl methyl sites for hydroxylation is 1. The number of nitrogens with one attached hydrogen (secondary N) is 1. The minimum atomic E-state index is -1.21. The third kappa shape index (κ3) is 2.89. The number of amides is 3. The lowest BCUT2D eigenvalue weighted by Gasteiger charge is -2.24. The zero-order chi connectivity index (χ0) is 21.8. The number of benzene rings is 2. The summed E-state index contributed by atoms with van der Waals surface area (Å²) in [5, 5.41) is 4.74. The van der Waals surface area contributed by atoms with E-state index < -0.39 is 11.6 Å². The van der Waals surface area contributed by atoms with Crippen molar-refractivity contribution < 1.29 is 9.59 Å². The molecule has 0 aliphatic carbocycles. The highest BCUT2D eigenvalue weighted by molar-refractivity contribution is 6.09. The summed E-state index contributed by atoms with van der Waals surface area (Å²) in [6, 6.07) is 17.9. The first-order valence-corrected chi connectivity index (χ1v) is 9.99. The Hall–Kier alpha value is -4.00. The van der Waals surface area contributed by atoms with E-state index in [1.165, 1.54) is 10.5 Å². The van der Waals surface area contributed by atoms with Gasteiger partial charge in [0.05, 0.1) is 12.2 Å². The summed E-state index contributed by atoms with van der Waals surface area (Å²) < 4.78 is 1.45. The van der Waals surface area contributed by atoms with E-state index in [0.29, 0.717) is 11.3 Å². The summed E-state index contributed by atoms with van der Waals surface area (Å²) >= 11 is 0. The van der Waals surface area contributed by atoms with Crippen molar-refractivity contribution in [3.05, 3.63) is 94.0 Å². The second-order valence-electron chi connectivity index (χ2n) is 7.94. The van der Waals surface area contributed by atoms with Crippen LogP contribution in [0.1, 0.15) is 23.7 Å². The number of pyridine rings is 1. The Morgan fingerprint density at radius 1 is 1.00 bits per heavy atom. The third-order valence-electron chi connectivity index (χ3n) is 5.86. The number of imide groups is 1. The van der Waals surface area contributed by atoms with Crippen LogP contribution in [0.5, 0.6) is 0 Å². The number of fused-ring (bicyclic) bond motifs is 2. The van der Waals surface area contributed by atoms with Gasteiger partial charge in [0, 0.05) is 12.3 Å². The SMILES string of the molecule is Cc1cccn2c(=O)cc(CN3C(=O)NC(C)(c4cccc5ccccc45)C3=O)nc12.